The summed E-state index contributed by atoms with van der Waals surface area (Å²) >= 11 is 12.9. The zero-order chi connectivity index (χ0) is 19.4. The summed E-state index contributed by atoms with van der Waals surface area (Å²) in [6.45, 7) is 12.4. The normalized spacial score (nSPS) is 20.7. The highest BCUT2D eigenvalue weighted by molar-refractivity contribution is 6.73. The molecule has 1 unspecified atom stereocenters. The fourth-order valence-electron chi connectivity index (χ4n) is 3.71. The Kier molecular flexibility index (Phi) is 7.95. The summed E-state index contributed by atoms with van der Waals surface area (Å²) in [5, 5.41) is 4.64. The zero-order valence-corrected chi connectivity index (χ0v) is 19.1. The van der Waals surface area contributed by atoms with E-state index in [2.05, 4.69) is 44.9 Å². The summed E-state index contributed by atoms with van der Waals surface area (Å²) in [6, 6.07) is 3.24. The maximum absolute atomic E-state index is 6.75. The van der Waals surface area contributed by atoms with E-state index in [1.54, 1.807) is 12.4 Å². The highest BCUT2D eigenvalue weighted by Crippen LogP contribution is 2.36. The third kappa shape index (κ3) is 5.43. The van der Waals surface area contributed by atoms with Gasteiger partial charge in [0.1, 0.15) is 0 Å². The highest BCUT2D eigenvalue weighted by Gasteiger charge is 2.37. The van der Waals surface area contributed by atoms with Crippen LogP contribution in [0.15, 0.2) is 12.4 Å². The quantitative estimate of drug-likeness (QED) is 0.501. The van der Waals surface area contributed by atoms with Crippen molar-refractivity contribution in [2.75, 3.05) is 13.1 Å². The second-order valence-electron chi connectivity index (χ2n) is 7.73. The molecule has 0 spiro atoms. The van der Waals surface area contributed by atoms with Crippen molar-refractivity contribution in [3.05, 3.63) is 28.0 Å². The number of rotatable bonds is 10. The smallest absolute Gasteiger partial charge is 0.192 e. The van der Waals surface area contributed by atoms with Gasteiger partial charge >= 0.3 is 0 Å². The molecular formula is C19H32Cl2N2O2Si. The molecule has 2 atom stereocenters. The molecule has 1 fully saturated rings. The van der Waals surface area contributed by atoms with E-state index in [0.717, 1.165) is 36.7 Å². The lowest BCUT2D eigenvalue weighted by molar-refractivity contribution is -0.181. The van der Waals surface area contributed by atoms with Crippen LogP contribution in [0.4, 0.5) is 0 Å². The number of halogens is 2. The first-order chi connectivity index (χ1) is 12.3. The van der Waals surface area contributed by atoms with Crippen molar-refractivity contribution >= 4 is 31.5 Å². The van der Waals surface area contributed by atoms with E-state index in [1.165, 1.54) is 0 Å². The first kappa shape index (κ1) is 22.1. The van der Waals surface area contributed by atoms with Crippen LogP contribution in [0.25, 0.3) is 0 Å². The minimum Gasteiger partial charge on any atom is -0.409 e. The molecule has 4 nitrogen and oxygen atoms in total. The Morgan fingerprint density at radius 1 is 1.23 bits per heavy atom. The molecular weight excluding hydrogens is 387 g/mol. The Bertz CT molecular complexity index is 560. The van der Waals surface area contributed by atoms with Gasteiger partial charge in [-0.2, -0.15) is 0 Å². The van der Waals surface area contributed by atoms with Gasteiger partial charge in [0, 0.05) is 37.5 Å². The average molecular weight is 419 g/mol. The van der Waals surface area contributed by atoms with Gasteiger partial charge in [-0.05, 0) is 32.0 Å². The van der Waals surface area contributed by atoms with Crippen LogP contribution in [0.1, 0.15) is 52.7 Å². The van der Waals surface area contributed by atoms with Crippen molar-refractivity contribution in [3.63, 3.8) is 0 Å². The molecule has 0 aromatic carbocycles. The maximum atomic E-state index is 6.75. The van der Waals surface area contributed by atoms with Gasteiger partial charge in [0.05, 0.1) is 27.9 Å². The molecule has 2 rings (SSSR count). The molecule has 1 aliphatic rings. The van der Waals surface area contributed by atoms with Crippen LogP contribution in [0.3, 0.4) is 0 Å². The van der Waals surface area contributed by atoms with Crippen molar-refractivity contribution in [2.45, 2.75) is 77.0 Å². The molecule has 7 heteroatoms. The highest BCUT2D eigenvalue weighted by atomic mass is 35.5. The Morgan fingerprint density at radius 3 is 2.23 bits per heavy atom. The summed E-state index contributed by atoms with van der Waals surface area (Å²) in [5.41, 5.74) is 0.854. The number of hydrogen-bond donors (Lipinski definition) is 1. The van der Waals surface area contributed by atoms with Gasteiger partial charge in [-0.25, -0.2) is 0 Å². The van der Waals surface area contributed by atoms with E-state index in [4.69, 9.17) is 32.4 Å². The molecule has 0 radical (unpaired) electrons. The number of nitrogens with one attached hydrogen (secondary N) is 1. The van der Waals surface area contributed by atoms with E-state index < -0.39 is 8.32 Å². The van der Waals surface area contributed by atoms with E-state index in [9.17, 15) is 0 Å². The van der Waals surface area contributed by atoms with Gasteiger partial charge in [0.2, 0.25) is 0 Å². The first-order valence-corrected chi connectivity index (χ1v) is 12.9. The topological polar surface area (TPSA) is 43.4 Å². The van der Waals surface area contributed by atoms with Crippen molar-refractivity contribution in [1.82, 2.24) is 10.3 Å². The van der Waals surface area contributed by atoms with Gasteiger partial charge in [0.15, 0.2) is 8.32 Å². The molecule has 1 aliphatic heterocycles. The molecule has 2 heterocycles. The molecule has 1 aromatic rings. The van der Waals surface area contributed by atoms with Crippen LogP contribution in [-0.2, 0) is 9.16 Å². The van der Waals surface area contributed by atoms with Gasteiger partial charge < -0.3 is 14.5 Å². The Morgan fingerprint density at radius 2 is 1.77 bits per heavy atom. The number of nitrogens with zero attached hydrogens (tertiary/aromatic N) is 1. The predicted molar refractivity (Wildman–Crippen MR) is 112 cm³/mol. The van der Waals surface area contributed by atoms with Gasteiger partial charge in [-0.15, -0.1) is 0 Å². The summed E-state index contributed by atoms with van der Waals surface area (Å²) in [7, 11) is -1.81. The fourth-order valence-corrected chi connectivity index (χ4v) is 7.13. The van der Waals surface area contributed by atoms with E-state index in [-0.39, 0.29) is 17.8 Å². The number of pyridine rings is 1. The third-order valence-electron chi connectivity index (χ3n) is 5.44. The first-order valence-electron chi connectivity index (χ1n) is 9.61. The minimum atomic E-state index is -1.81. The van der Waals surface area contributed by atoms with Crippen LogP contribution in [0.5, 0.6) is 0 Å². The number of aromatic nitrogens is 1. The largest absolute Gasteiger partial charge is 0.409 e. The van der Waals surface area contributed by atoms with Crippen molar-refractivity contribution in [2.24, 2.45) is 0 Å². The molecule has 0 bridgehead atoms. The van der Waals surface area contributed by atoms with Crippen molar-refractivity contribution in [3.8, 4) is 0 Å². The summed E-state index contributed by atoms with van der Waals surface area (Å²) in [4.78, 5) is 4.08. The summed E-state index contributed by atoms with van der Waals surface area (Å²) < 4.78 is 12.6. The average Bonchev–Trinajstić information content (AvgIpc) is 2.57. The van der Waals surface area contributed by atoms with Crippen LogP contribution in [0, 0.1) is 0 Å². The summed E-state index contributed by atoms with van der Waals surface area (Å²) in [5.74, 6) is 0. The summed E-state index contributed by atoms with van der Waals surface area (Å²) in [6.07, 6.45) is 4.45. The third-order valence-corrected chi connectivity index (χ3v) is 10.7. The molecule has 1 aromatic heterocycles. The molecule has 1 N–H and O–H groups in total. The van der Waals surface area contributed by atoms with Crippen molar-refractivity contribution < 1.29 is 9.16 Å². The lowest BCUT2D eigenvalue weighted by Crippen LogP contribution is -2.50. The number of ether oxygens (including phenoxy) is 1. The van der Waals surface area contributed by atoms with Crippen LogP contribution in [0.2, 0.25) is 28.2 Å². The van der Waals surface area contributed by atoms with Crippen LogP contribution < -0.4 is 5.32 Å². The molecule has 0 saturated carbocycles. The number of hydrogen-bond acceptors (Lipinski definition) is 4. The molecule has 1 saturated heterocycles. The Hall–Kier alpha value is -0.173. The van der Waals surface area contributed by atoms with E-state index >= 15 is 0 Å². The maximum Gasteiger partial charge on any atom is 0.192 e. The van der Waals surface area contributed by atoms with Crippen LogP contribution >= 0.6 is 23.2 Å². The van der Waals surface area contributed by atoms with Gasteiger partial charge in [0.25, 0.3) is 0 Å². The van der Waals surface area contributed by atoms with Gasteiger partial charge in [-0.3, -0.25) is 4.98 Å². The van der Waals surface area contributed by atoms with Crippen LogP contribution in [-0.4, -0.2) is 38.1 Å². The second kappa shape index (κ2) is 9.35. The lowest BCUT2D eigenvalue weighted by atomic mass is 9.93. The molecule has 0 aliphatic carbocycles. The second-order valence-corrected chi connectivity index (χ2v) is 13.3. The van der Waals surface area contributed by atoms with Gasteiger partial charge in [-0.1, -0.05) is 44.0 Å². The Labute approximate surface area is 169 Å². The molecule has 0 amide bonds. The predicted octanol–water partition coefficient (Wildman–Crippen LogP) is 5.61. The fraction of sp³-hybridized carbons (Fsp3) is 0.737. The van der Waals surface area contributed by atoms with Crippen molar-refractivity contribution in [1.29, 1.82) is 0 Å². The standard InChI is InChI=1S/C19H32Cl2N2O2Si/c1-6-26(7-2,8-3)25-17(18-15(20)11-23-12-16(18)21)13-22-10-14-9-19(4,5)24-14/h11-12,14,17,22H,6-10,13H2,1-5H3/t14-,17?/m0/s1. The Balaban J connectivity index is 2.11. The lowest BCUT2D eigenvalue weighted by Gasteiger charge is -2.43. The SMILES string of the molecule is CC[Si](CC)(CC)OC(CNC[C@@H]1CC(C)(C)O1)c1c(Cl)cncc1Cl. The minimum absolute atomic E-state index is 0.00859. The molecule has 26 heavy (non-hydrogen) atoms. The monoisotopic (exact) mass is 418 g/mol. The zero-order valence-electron chi connectivity index (χ0n) is 16.6. The van der Waals surface area contributed by atoms with E-state index in [1.807, 2.05) is 0 Å². The van der Waals surface area contributed by atoms with E-state index in [0.29, 0.717) is 16.6 Å². The molecule has 148 valence electrons.